The van der Waals surface area contributed by atoms with Crippen molar-refractivity contribution in [2.75, 3.05) is 25.0 Å². The summed E-state index contributed by atoms with van der Waals surface area (Å²) in [5, 5.41) is 31.3. The molecule has 1 aliphatic heterocycles. The van der Waals surface area contributed by atoms with Gasteiger partial charge in [0, 0.05) is 19.3 Å². The van der Waals surface area contributed by atoms with Crippen LogP contribution in [0.15, 0.2) is 15.8 Å². The summed E-state index contributed by atoms with van der Waals surface area (Å²) in [6.07, 6.45) is -3.78. The number of nitrogens with zero attached hydrogens (tertiary/aromatic N) is 1. The Bertz CT molecular complexity index is 599. The number of H-pyrrole nitrogens is 1. The van der Waals surface area contributed by atoms with Crippen LogP contribution in [0.1, 0.15) is 6.23 Å². The SMILES string of the molecule is NCCNc1cn([C@@H]2O[C@H](CO)[C@@H](O)[C@H]2O)c(=O)[nH]c1=O. The number of anilines is 1. The van der Waals surface area contributed by atoms with Crippen LogP contribution in [0.4, 0.5) is 5.69 Å². The van der Waals surface area contributed by atoms with Gasteiger partial charge in [0.2, 0.25) is 0 Å². The zero-order valence-corrected chi connectivity index (χ0v) is 11.1. The lowest BCUT2D eigenvalue weighted by molar-refractivity contribution is -0.0549. The van der Waals surface area contributed by atoms with Crippen LogP contribution >= 0.6 is 0 Å². The first kappa shape index (κ1) is 15.7. The molecule has 21 heavy (non-hydrogen) atoms. The minimum Gasteiger partial charge on any atom is -0.394 e. The Balaban J connectivity index is 2.35. The highest BCUT2D eigenvalue weighted by molar-refractivity contribution is 5.37. The highest BCUT2D eigenvalue weighted by atomic mass is 16.6. The van der Waals surface area contributed by atoms with Gasteiger partial charge in [-0.3, -0.25) is 14.3 Å². The van der Waals surface area contributed by atoms with E-state index in [-0.39, 0.29) is 12.2 Å². The molecule has 2 heterocycles. The van der Waals surface area contributed by atoms with Crippen LogP contribution in [-0.2, 0) is 4.74 Å². The fraction of sp³-hybridized carbons (Fsp3) is 0.636. The number of aromatic amines is 1. The number of ether oxygens (including phenoxy) is 1. The molecule has 1 aromatic heterocycles. The molecule has 1 saturated heterocycles. The fourth-order valence-corrected chi connectivity index (χ4v) is 2.12. The van der Waals surface area contributed by atoms with E-state index in [9.17, 15) is 19.8 Å². The molecular weight excluding hydrogens is 284 g/mol. The number of aromatic nitrogens is 2. The molecule has 1 fully saturated rings. The number of nitrogens with two attached hydrogens (primary N) is 1. The Labute approximate surface area is 118 Å². The molecule has 2 rings (SSSR count). The van der Waals surface area contributed by atoms with Crippen LogP contribution in [0.25, 0.3) is 0 Å². The second-order valence-electron chi connectivity index (χ2n) is 4.65. The van der Waals surface area contributed by atoms with E-state index in [1.165, 1.54) is 6.20 Å². The van der Waals surface area contributed by atoms with Crippen molar-refractivity contribution in [3.8, 4) is 0 Å². The number of aliphatic hydroxyl groups excluding tert-OH is 3. The monoisotopic (exact) mass is 302 g/mol. The molecular formula is C11H18N4O6. The van der Waals surface area contributed by atoms with Crippen LogP contribution in [0, 0.1) is 0 Å². The molecule has 1 aliphatic rings. The van der Waals surface area contributed by atoms with Crippen molar-refractivity contribution >= 4 is 5.69 Å². The van der Waals surface area contributed by atoms with E-state index in [2.05, 4.69) is 10.3 Å². The average Bonchev–Trinajstić information content (AvgIpc) is 2.74. The Hall–Kier alpha value is -1.72. The molecule has 7 N–H and O–H groups in total. The van der Waals surface area contributed by atoms with Gasteiger partial charge in [-0.25, -0.2) is 4.79 Å². The third-order valence-electron chi connectivity index (χ3n) is 3.22. The second-order valence-corrected chi connectivity index (χ2v) is 4.65. The van der Waals surface area contributed by atoms with E-state index in [1.54, 1.807) is 0 Å². The normalized spacial score (nSPS) is 28.8. The van der Waals surface area contributed by atoms with Crippen LogP contribution in [0.3, 0.4) is 0 Å². The Kier molecular flexibility index (Phi) is 4.75. The van der Waals surface area contributed by atoms with Gasteiger partial charge in [0.05, 0.1) is 6.61 Å². The van der Waals surface area contributed by atoms with Gasteiger partial charge in [0.1, 0.15) is 24.0 Å². The van der Waals surface area contributed by atoms with Crippen molar-refractivity contribution in [1.82, 2.24) is 9.55 Å². The highest BCUT2D eigenvalue weighted by Gasteiger charge is 2.43. The molecule has 0 amide bonds. The smallest absolute Gasteiger partial charge is 0.330 e. The number of aliphatic hydroxyl groups is 3. The highest BCUT2D eigenvalue weighted by Crippen LogP contribution is 2.28. The molecule has 0 aliphatic carbocycles. The van der Waals surface area contributed by atoms with Crippen LogP contribution in [0.5, 0.6) is 0 Å². The van der Waals surface area contributed by atoms with Gasteiger partial charge in [-0.2, -0.15) is 0 Å². The van der Waals surface area contributed by atoms with E-state index in [0.717, 1.165) is 4.57 Å². The van der Waals surface area contributed by atoms with E-state index in [4.69, 9.17) is 15.6 Å². The molecule has 0 unspecified atom stereocenters. The van der Waals surface area contributed by atoms with Gasteiger partial charge in [-0.1, -0.05) is 0 Å². The van der Waals surface area contributed by atoms with E-state index in [1.807, 2.05) is 0 Å². The van der Waals surface area contributed by atoms with Crippen molar-refractivity contribution in [1.29, 1.82) is 0 Å². The lowest BCUT2D eigenvalue weighted by Gasteiger charge is -2.18. The van der Waals surface area contributed by atoms with Crippen LogP contribution in [0.2, 0.25) is 0 Å². The quantitative estimate of drug-likeness (QED) is 0.326. The van der Waals surface area contributed by atoms with Gasteiger partial charge < -0.3 is 31.1 Å². The van der Waals surface area contributed by atoms with Gasteiger partial charge in [-0.15, -0.1) is 0 Å². The molecule has 118 valence electrons. The minimum atomic E-state index is -1.41. The molecule has 0 radical (unpaired) electrons. The van der Waals surface area contributed by atoms with E-state index in [0.29, 0.717) is 6.54 Å². The van der Waals surface area contributed by atoms with Gasteiger partial charge in [0.25, 0.3) is 5.56 Å². The first-order valence-electron chi connectivity index (χ1n) is 6.41. The van der Waals surface area contributed by atoms with Gasteiger partial charge >= 0.3 is 5.69 Å². The van der Waals surface area contributed by atoms with E-state index < -0.39 is 42.4 Å². The predicted molar refractivity (Wildman–Crippen MR) is 71.9 cm³/mol. The number of hydrogen-bond donors (Lipinski definition) is 6. The maximum Gasteiger partial charge on any atom is 0.330 e. The minimum absolute atomic E-state index is 0.0813. The van der Waals surface area contributed by atoms with Gasteiger partial charge in [-0.05, 0) is 0 Å². The largest absolute Gasteiger partial charge is 0.394 e. The third-order valence-corrected chi connectivity index (χ3v) is 3.22. The Morgan fingerprint density at radius 3 is 2.67 bits per heavy atom. The summed E-state index contributed by atoms with van der Waals surface area (Å²) in [7, 11) is 0. The summed E-state index contributed by atoms with van der Waals surface area (Å²) >= 11 is 0. The molecule has 0 aromatic carbocycles. The maximum absolute atomic E-state index is 11.8. The lowest BCUT2D eigenvalue weighted by Crippen LogP contribution is -2.38. The third kappa shape index (κ3) is 2.99. The molecule has 0 saturated carbocycles. The standard InChI is InChI=1S/C11H18N4O6/c12-1-2-13-5-3-15(11(20)14-9(5)19)10-8(18)7(17)6(4-16)21-10/h3,6-8,10,13,16-18H,1-2,4,12H2,(H,14,19,20)/t6-,7-,8-,10-/m1/s1. The van der Waals surface area contributed by atoms with Gasteiger partial charge in [0.15, 0.2) is 6.23 Å². The molecule has 0 bridgehead atoms. The predicted octanol–water partition coefficient (Wildman–Crippen LogP) is -3.48. The summed E-state index contributed by atoms with van der Waals surface area (Å²) in [6, 6.07) is 0. The molecule has 10 nitrogen and oxygen atoms in total. The van der Waals surface area contributed by atoms with E-state index >= 15 is 0 Å². The van der Waals surface area contributed by atoms with Crippen molar-refractivity contribution in [2.24, 2.45) is 5.73 Å². The summed E-state index contributed by atoms with van der Waals surface area (Å²) in [5.74, 6) is 0. The lowest BCUT2D eigenvalue weighted by atomic mass is 10.1. The molecule has 10 heteroatoms. The Morgan fingerprint density at radius 2 is 2.10 bits per heavy atom. The molecule has 4 atom stereocenters. The van der Waals surface area contributed by atoms with Crippen molar-refractivity contribution in [3.63, 3.8) is 0 Å². The molecule has 0 spiro atoms. The van der Waals surface area contributed by atoms with Crippen LogP contribution in [-0.4, -0.2) is 62.9 Å². The summed E-state index contributed by atoms with van der Waals surface area (Å²) in [5.41, 5.74) is 3.98. The summed E-state index contributed by atoms with van der Waals surface area (Å²) in [4.78, 5) is 25.5. The Morgan fingerprint density at radius 1 is 1.38 bits per heavy atom. The second kappa shape index (κ2) is 6.37. The first-order chi connectivity index (χ1) is 9.99. The first-order valence-corrected chi connectivity index (χ1v) is 6.41. The topological polar surface area (TPSA) is 163 Å². The number of rotatable bonds is 5. The number of hydrogen-bond acceptors (Lipinski definition) is 8. The summed E-state index contributed by atoms with van der Waals surface area (Å²) < 4.78 is 6.19. The molecule has 1 aromatic rings. The summed E-state index contributed by atoms with van der Waals surface area (Å²) in [6.45, 7) is 0.0920. The van der Waals surface area contributed by atoms with Crippen molar-refractivity contribution in [2.45, 2.75) is 24.5 Å². The van der Waals surface area contributed by atoms with Crippen molar-refractivity contribution < 1.29 is 20.1 Å². The zero-order chi connectivity index (χ0) is 15.6. The maximum atomic E-state index is 11.8. The van der Waals surface area contributed by atoms with Crippen LogP contribution < -0.4 is 22.3 Å². The average molecular weight is 302 g/mol. The number of nitrogens with one attached hydrogen (secondary N) is 2. The van der Waals surface area contributed by atoms with Crippen molar-refractivity contribution in [3.05, 3.63) is 27.0 Å². The zero-order valence-electron chi connectivity index (χ0n) is 11.1. The fourth-order valence-electron chi connectivity index (χ4n) is 2.12.